The lowest BCUT2D eigenvalue weighted by molar-refractivity contribution is 0.0535. The maximum absolute atomic E-state index is 11.6. The van der Waals surface area contributed by atoms with Crippen LogP contribution in [0.25, 0.3) is 0 Å². The molecular weight excluding hydrogens is 256 g/mol. The summed E-state index contributed by atoms with van der Waals surface area (Å²) in [6.07, 6.45) is 0. The van der Waals surface area contributed by atoms with E-state index >= 15 is 0 Å². The second-order valence-electron chi connectivity index (χ2n) is 4.51. The topological polar surface area (TPSA) is 44.8 Å². The van der Waals surface area contributed by atoms with Crippen LogP contribution in [0.2, 0.25) is 0 Å². The third kappa shape index (κ3) is 2.32. The third-order valence-electron chi connectivity index (χ3n) is 3.21. The fourth-order valence-electron chi connectivity index (χ4n) is 2.14. The lowest BCUT2D eigenvalue weighted by atomic mass is 10.1. The molecule has 1 aliphatic heterocycles. The number of benzene rings is 2. The van der Waals surface area contributed by atoms with E-state index in [1.165, 1.54) is 0 Å². The number of methoxy groups -OCH3 is 1. The van der Waals surface area contributed by atoms with E-state index in [2.05, 4.69) is 0 Å². The van der Waals surface area contributed by atoms with Crippen LogP contribution in [0.4, 0.5) is 0 Å². The van der Waals surface area contributed by atoms with Gasteiger partial charge in [0.2, 0.25) is 0 Å². The lowest BCUT2D eigenvalue weighted by Gasteiger charge is -2.11. The molecule has 4 heteroatoms. The number of carbonyl (C=O) groups excluding carboxylic acids is 1. The number of cyclic esters (lactones) is 1. The van der Waals surface area contributed by atoms with E-state index in [4.69, 9.17) is 14.2 Å². The van der Waals surface area contributed by atoms with E-state index in [-0.39, 0.29) is 5.97 Å². The zero-order valence-electron chi connectivity index (χ0n) is 11.1. The van der Waals surface area contributed by atoms with Crippen LogP contribution in [-0.2, 0) is 18.0 Å². The molecule has 20 heavy (non-hydrogen) atoms. The van der Waals surface area contributed by atoms with Crippen LogP contribution >= 0.6 is 0 Å². The number of ether oxygens (including phenoxy) is 3. The predicted octanol–water partition coefficient (Wildman–Crippen LogP) is 2.94. The molecule has 0 spiro atoms. The molecule has 4 nitrogen and oxygen atoms in total. The SMILES string of the molecule is COc1cc2c(cc1OCc1ccccc1)C(=O)OC2. The molecule has 0 unspecified atom stereocenters. The van der Waals surface area contributed by atoms with E-state index in [1.807, 2.05) is 30.3 Å². The average Bonchev–Trinajstić information content (AvgIpc) is 2.86. The Morgan fingerprint density at radius 1 is 1.15 bits per heavy atom. The second kappa shape index (κ2) is 5.25. The number of hydrogen-bond donors (Lipinski definition) is 0. The van der Waals surface area contributed by atoms with Crippen molar-refractivity contribution in [2.24, 2.45) is 0 Å². The van der Waals surface area contributed by atoms with Gasteiger partial charge in [0.1, 0.15) is 13.2 Å². The Bertz CT molecular complexity index is 634. The van der Waals surface area contributed by atoms with Gasteiger partial charge in [0.15, 0.2) is 11.5 Å². The van der Waals surface area contributed by atoms with Crippen molar-refractivity contribution in [3.8, 4) is 11.5 Å². The first-order chi connectivity index (χ1) is 9.78. The van der Waals surface area contributed by atoms with Crippen molar-refractivity contribution >= 4 is 5.97 Å². The molecule has 2 aromatic carbocycles. The van der Waals surface area contributed by atoms with Gasteiger partial charge in [0.05, 0.1) is 12.7 Å². The molecule has 2 aromatic rings. The van der Waals surface area contributed by atoms with Crippen LogP contribution in [0.5, 0.6) is 11.5 Å². The first kappa shape index (κ1) is 12.5. The smallest absolute Gasteiger partial charge is 0.339 e. The van der Waals surface area contributed by atoms with Gasteiger partial charge in [-0.25, -0.2) is 4.79 Å². The summed E-state index contributed by atoms with van der Waals surface area (Å²) in [5, 5.41) is 0. The summed E-state index contributed by atoms with van der Waals surface area (Å²) in [5.74, 6) is 0.846. The standard InChI is InChI=1S/C16H14O4/c1-18-14-7-12-10-20-16(17)13(12)8-15(14)19-9-11-5-3-2-4-6-11/h2-8H,9-10H2,1H3. The second-order valence-corrected chi connectivity index (χ2v) is 4.51. The summed E-state index contributed by atoms with van der Waals surface area (Å²) in [6, 6.07) is 13.3. The van der Waals surface area contributed by atoms with Crippen LogP contribution < -0.4 is 9.47 Å². The van der Waals surface area contributed by atoms with Gasteiger partial charge in [-0.05, 0) is 17.7 Å². The molecule has 0 aliphatic carbocycles. The maximum atomic E-state index is 11.6. The summed E-state index contributed by atoms with van der Waals surface area (Å²) in [7, 11) is 1.58. The number of fused-ring (bicyclic) bond motifs is 1. The van der Waals surface area contributed by atoms with Crippen molar-refractivity contribution in [2.75, 3.05) is 7.11 Å². The molecule has 102 valence electrons. The molecule has 3 rings (SSSR count). The molecular formula is C16H14O4. The van der Waals surface area contributed by atoms with E-state index in [0.29, 0.717) is 30.3 Å². The molecule has 0 aromatic heterocycles. The Balaban J connectivity index is 1.85. The van der Waals surface area contributed by atoms with Crippen LogP contribution in [0.3, 0.4) is 0 Å². The van der Waals surface area contributed by atoms with Crippen molar-refractivity contribution in [3.63, 3.8) is 0 Å². The highest BCUT2D eigenvalue weighted by Crippen LogP contribution is 2.34. The van der Waals surface area contributed by atoms with Crippen molar-refractivity contribution in [2.45, 2.75) is 13.2 Å². The van der Waals surface area contributed by atoms with Gasteiger partial charge in [-0.1, -0.05) is 30.3 Å². The Morgan fingerprint density at radius 2 is 1.95 bits per heavy atom. The van der Waals surface area contributed by atoms with Crippen molar-refractivity contribution in [1.82, 2.24) is 0 Å². The summed E-state index contributed by atoms with van der Waals surface area (Å²) in [6.45, 7) is 0.717. The Hall–Kier alpha value is -2.49. The summed E-state index contributed by atoms with van der Waals surface area (Å²) in [4.78, 5) is 11.6. The lowest BCUT2D eigenvalue weighted by Crippen LogP contribution is -2.00. The summed E-state index contributed by atoms with van der Waals surface area (Å²) in [5.41, 5.74) is 2.44. The number of rotatable bonds is 4. The summed E-state index contributed by atoms with van der Waals surface area (Å²) >= 11 is 0. The summed E-state index contributed by atoms with van der Waals surface area (Å²) < 4.78 is 16.0. The van der Waals surface area contributed by atoms with Gasteiger partial charge in [0.25, 0.3) is 0 Å². The van der Waals surface area contributed by atoms with Crippen molar-refractivity contribution in [1.29, 1.82) is 0 Å². The molecule has 0 radical (unpaired) electrons. The maximum Gasteiger partial charge on any atom is 0.339 e. The number of hydrogen-bond acceptors (Lipinski definition) is 4. The fraction of sp³-hybridized carbons (Fsp3) is 0.188. The van der Waals surface area contributed by atoms with Gasteiger partial charge in [-0.15, -0.1) is 0 Å². The molecule has 0 N–H and O–H groups in total. The zero-order valence-corrected chi connectivity index (χ0v) is 11.1. The zero-order chi connectivity index (χ0) is 13.9. The number of carbonyl (C=O) groups is 1. The largest absolute Gasteiger partial charge is 0.493 e. The molecule has 1 heterocycles. The predicted molar refractivity (Wildman–Crippen MR) is 72.9 cm³/mol. The molecule has 0 saturated heterocycles. The first-order valence-corrected chi connectivity index (χ1v) is 6.32. The molecule has 0 amide bonds. The molecule has 0 bridgehead atoms. The molecule has 1 aliphatic rings. The van der Waals surface area contributed by atoms with Gasteiger partial charge in [-0.2, -0.15) is 0 Å². The quantitative estimate of drug-likeness (QED) is 0.801. The third-order valence-corrected chi connectivity index (χ3v) is 3.21. The monoisotopic (exact) mass is 270 g/mol. The number of esters is 1. The molecule has 0 saturated carbocycles. The Morgan fingerprint density at radius 3 is 2.70 bits per heavy atom. The van der Waals surface area contributed by atoms with E-state index < -0.39 is 0 Å². The minimum absolute atomic E-state index is 0.295. The van der Waals surface area contributed by atoms with Gasteiger partial charge in [-0.3, -0.25) is 0 Å². The van der Waals surface area contributed by atoms with E-state index in [9.17, 15) is 4.79 Å². The van der Waals surface area contributed by atoms with Crippen molar-refractivity contribution < 1.29 is 19.0 Å². The van der Waals surface area contributed by atoms with Crippen LogP contribution in [0, 0.1) is 0 Å². The Labute approximate surface area is 116 Å². The minimum atomic E-state index is -0.313. The van der Waals surface area contributed by atoms with Gasteiger partial charge >= 0.3 is 5.97 Å². The highest BCUT2D eigenvalue weighted by atomic mass is 16.5. The average molecular weight is 270 g/mol. The highest BCUT2D eigenvalue weighted by molar-refractivity contribution is 5.94. The minimum Gasteiger partial charge on any atom is -0.493 e. The van der Waals surface area contributed by atoms with Crippen LogP contribution in [0.15, 0.2) is 42.5 Å². The fourth-order valence-corrected chi connectivity index (χ4v) is 2.14. The van der Waals surface area contributed by atoms with Crippen LogP contribution in [-0.4, -0.2) is 13.1 Å². The normalized spacial score (nSPS) is 12.8. The van der Waals surface area contributed by atoms with E-state index in [1.54, 1.807) is 19.2 Å². The molecule has 0 atom stereocenters. The van der Waals surface area contributed by atoms with Gasteiger partial charge in [0, 0.05) is 5.56 Å². The first-order valence-electron chi connectivity index (χ1n) is 6.32. The van der Waals surface area contributed by atoms with E-state index in [0.717, 1.165) is 11.1 Å². The molecule has 0 fully saturated rings. The van der Waals surface area contributed by atoms with Crippen LogP contribution in [0.1, 0.15) is 21.5 Å². The van der Waals surface area contributed by atoms with Gasteiger partial charge < -0.3 is 14.2 Å². The highest BCUT2D eigenvalue weighted by Gasteiger charge is 2.24. The van der Waals surface area contributed by atoms with Crippen molar-refractivity contribution in [3.05, 3.63) is 59.2 Å². The Kier molecular flexibility index (Phi) is 3.29.